The fourth-order valence-electron chi connectivity index (χ4n) is 2.76. The zero-order valence-electron chi connectivity index (χ0n) is 12.0. The van der Waals surface area contributed by atoms with Crippen LogP contribution < -0.4 is 21.7 Å². The third-order valence-corrected chi connectivity index (χ3v) is 5.08. The van der Waals surface area contributed by atoms with Gasteiger partial charge < -0.3 is 26.6 Å². The lowest BCUT2D eigenvalue weighted by atomic mass is 10.3. The van der Waals surface area contributed by atoms with E-state index in [4.69, 9.17) is 11.5 Å². The van der Waals surface area contributed by atoms with Gasteiger partial charge in [0, 0.05) is 38.8 Å². The SMILES string of the molecule is Nc1nc(N2CCC(N)C2)sc1C(=O)N1CCCNCC1. The first-order valence-electron chi connectivity index (χ1n) is 7.42. The van der Waals surface area contributed by atoms with Crippen molar-refractivity contribution >= 4 is 28.2 Å². The molecule has 0 aromatic carbocycles. The Morgan fingerprint density at radius 2 is 2.19 bits per heavy atom. The number of amides is 1. The second kappa shape index (κ2) is 6.17. The van der Waals surface area contributed by atoms with Gasteiger partial charge in [-0.15, -0.1) is 0 Å². The monoisotopic (exact) mass is 310 g/mol. The van der Waals surface area contributed by atoms with Crippen LogP contribution in [-0.4, -0.2) is 61.1 Å². The van der Waals surface area contributed by atoms with Crippen LogP contribution in [0.2, 0.25) is 0 Å². The quantitative estimate of drug-likeness (QED) is 0.693. The molecule has 8 heteroatoms. The predicted octanol–water partition coefficient (Wildman–Crippen LogP) is -0.302. The van der Waals surface area contributed by atoms with E-state index in [9.17, 15) is 4.79 Å². The van der Waals surface area contributed by atoms with Gasteiger partial charge in [0.25, 0.3) is 5.91 Å². The Balaban J connectivity index is 1.75. The highest BCUT2D eigenvalue weighted by Crippen LogP contribution is 2.31. The van der Waals surface area contributed by atoms with Gasteiger partial charge in [0.1, 0.15) is 10.7 Å². The van der Waals surface area contributed by atoms with Crippen LogP contribution in [0.1, 0.15) is 22.5 Å². The summed E-state index contributed by atoms with van der Waals surface area (Å²) in [6.07, 6.45) is 1.93. The predicted molar refractivity (Wildman–Crippen MR) is 84.7 cm³/mol. The molecule has 2 aliphatic heterocycles. The number of nitrogens with one attached hydrogen (secondary N) is 1. The Morgan fingerprint density at radius 3 is 2.95 bits per heavy atom. The fraction of sp³-hybridized carbons (Fsp3) is 0.692. The van der Waals surface area contributed by atoms with Crippen molar-refractivity contribution in [2.75, 3.05) is 49.9 Å². The largest absolute Gasteiger partial charge is 0.382 e. The highest BCUT2D eigenvalue weighted by atomic mass is 32.1. The van der Waals surface area contributed by atoms with Crippen LogP contribution >= 0.6 is 11.3 Å². The smallest absolute Gasteiger partial charge is 0.267 e. The van der Waals surface area contributed by atoms with Crippen molar-refractivity contribution < 1.29 is 4.79 Å². The van der Waals surface area contributed by atoms with Gasteiger partial charge in [0.05, 0.1) is 0 Å². The van der Waals surface area contributed by atoms with E-state index in [1.807, 2.05) is 4.90 Å². The van der Waals surface area contributed by atoms with Gasteiger partial charge in [-0.25, -0.2) is 4.98 Å². The molecule has 2 aliphatic rings. The van der Waals surface area contributed by atoms with Crippen molar-refractivity contribution in [3.8, 4) is 0 Å². The molecule has 0 bridgehead atoms. The van der Waals surface area contributed by atoms with Crippen molar-refractivity contribution in [1.29, 1.82) is 0 Å². The summed E-state index contributed by atoms with van der Waals surface area (Å²) >= 11 is 1.39. The molecule has 21 heavy (non-hydrogen) atoms. The zero-order valence-corrected chi connectivity index (χ0v) is 12.9. The first kappa shape index (κ1) is 14.6. The number of nitrogens with two attached hydrogens (primary N) is 2. The molecule has 2 fully saturated rings. The fourth-order valence-corrected chi connectivity index (χ4v) is 3.75. The van der Waals surface area contributed by atoms with Crippen molar-refractivity contribution in [2.45, 2.75) is 18.9 Å². The number of hydrogen-bond acceptors (Lipinski definition) is 7. The molecule has 0 saturated carbocycles. The van der Waals surface area contributed by atoms with Crippen molar-refractivity contribution in [2.24, 2.45) is 5.73 Å². The Hall–Kier alpha value is -1.38. The molecule has 1 unspecified atom stereocenters. The molecule has 0 spiro atoms. The average molecular weight is 310 g/mol. The summed E-state index contributed by atoms with van der Waals surface area (Å²) in [6, 6.07) is 0.186. The summed E-state index contributed by atoms with van der Waals surface area (Å²) in [7, 11) is 0. The van der Waals surface area contributed by atoms with Crippen LogP contribution in [-0.2, 0) is 0 Å². The van der Waals surface area contributed by atoms with Gasteiger partial charge in [-0.1, -0.05) is 11.3 Å². The van der Waals surface area contributed by atoms with Gasteiger partial charge in [0.15, 0.2) is 5.13 Å². The van der Waals surface area contributed by atoms with E-state index in [1.165, 1.54) is 11.3 Å². The van der Waals surface area contributed by atoms with Crippen LogP contribution in [0.25, 0.3) is 0 Å². The molecule has 1 amide bonds. The van der Waals surface area contributed by atoms with E-state index >= 15 is 0 Å². The third kappa shape index (κ3) is 3.12. The molecule has 1 aromatic heterocycles. The number of anilines is 2. The van der Waals surface area contributed by atoms with Crippen LogP contribution in [0.15, 0.2) is 0 Å². The zero-order chi connectivity index (χ0) is 14.8. The lowest BCUT2D eigenvalue weighted by Gasteiger charge is -2.19. The molecular formula is C13H22N6OS. The number of aromatic nitrogens is 1. The Bertz CT molecular complexity index is 511. The van der Waals surface area contributed by atoms with Crippen LogP contribution in [0, 0.1) is 0 Å². The minimum absolute atomic E-state index is 0.00319. The number of nitrogen functional groups attached to an aromatic ring is 1. The molecular weight excluding hydrogens is 288 g/mol. The van der Waals surface area contributed by atoms with E-state index in [0.29, 0.717) is 10.7 Å². The van der Waals surface area contributed by atoms with Gasteiger partial charge >= 0.3 is 0 Å². The van der Waals surface area contributed by atoms with Crippen molar-refractivity contribution in [1.82, 2.24) is 15.2 Å². The van der Waals surface area contributed by atoms with Gasteiger partial charge in [-0.2, -0.15) is 0 Å². The molecule has 116 valence electrons. The summed E-state index contributed by atoms with van der Waals surface area (Å²) in [5, 5.41) is 4.11. The summed E-state index contributed by atoms with van der Waals surface area (Å²) in [4.78, 5) is 21.5. The molecule has 2 saturated heterocycles. The Morgan fingerprint density at radius 1 is 1.33 bits per heavy atom. The maximum Gasteiger partial charge on any atom is 0.267 e. The molecule has 3 rings (SSSR count). The van der Waals surface area contributed by atoms with Gasteiger partial charge in [-0.3, -0.25) is 4.79 Å². The van der Waals surface area contributed by atoms with Gasteiger partial charge in [0.2, 0.25) is 0 Å². The van der Waals surface area contributed by atoms with Crippen LogP contribution in [0.4, 0.5) is 10.9 Å². The molecule has 3 heterocycles. The topological polar surface area (TPSA) is 101 Å². The second-order valence-corrected chi connectivity index (χ2v) is 6.58. The molecule has 5 N–H and O–H groups in total. The molecule has 0 aliphatic carbocycles. The minimum Gasteiger partial charge on any atom is -0.382 e. The normalized spacial score (nSPS) is 23.4. The standard InChI is InChI=1S/C13H22N6OS/c14-9-2-6-19(8-9)13-17-11(15)10(21-13)12(20)18-5-1-3-16-4-7-18/h9,16H,1-8,14-15H2. The summed E-state index contributed by atoms with van der Waals surface area (Å²) in [6.45, 7) is 4.95. The first-order chi connectivity index (χ1) is 10.1. The number of carbonyl (C=O) groups excluding carboxylic acids is 1. The number of thiazole rings is 1. The number of rotatable bonds is 2. The molecule has 1 aromatic rings. The maximum absolute atomic E-state index is 12.6. The number of nitrogens with zero attached hydrogens (tertiary/aromatic N) is 3. The number of carbonyl (C=O) groups is 1. The van der Waals surface area contributed by atoms with Crippen LogP contribution in [0.5, 0.6) is 0 Å². The minimum atomic E-state index is 0.00319. The molecule has 7 nitrogen and oxygen atoms in total. The Kier molecular flexibility index (Phi) is 4.27. The summed E-state index contributed by atoms with van der Waals surface area (Å²) in [5.41, 5.74) is 11.9. The van der Waals surface area contributed by atoms with E-state index in [0.717, 1.165) is 57.2 Å². The van der Waals surface area contributed by atoms with Crippen molar-refractivity contribution in [3.63, 3.8) is 0 Å². The highest BCUT2D eigenvalue weighted by molar-refractivity contribution is 7.18. The number of hydrogen-bond donors (Lipinski definition) is 3. The van der Waals surface area contributed by atoms with E-state index in [2.05, 4.69) is 15.2 Å². The first-order valence-corrected chi connectivity index (χ1v) is 8.23. The Labute approximate surface area is 128 Å². The van der Waals surface area contributed by atoms with E-state index in [-0.39, 0.29) is 11.9 Å². The lowest BCUT2D eigenvalue weighted by molar-refractivity contribution is 0.0772. The lowest BCUT2D eigenvalue weighted by Crippen LogP contribution is -2.34. The summed E-state index contributed by atoms with van der Waals surface area (Å²) < 4.78 is 0. The van der Waals surface area contributed by atoms with E-state index in [1.54, 1.807) is 0 Å². The van der Waals surface area contributed by atoms with Crippen molar-refractivity contribution in [3.05, 3.63) is 4.88 Å². The molecule has 0 radical (unpaired) electrons. The second-order valence-electron chi connectivity index (χ2n) is 5.60. The highest BCUT2D eigenvalue weighted by Gasteiger charge is 2.27. The third-order valence-electron chi connectivity index (χ3n) is 3.96. The maximum atomic E-state index is 12.6. The molecule has 1 atom stereocenters. The van der Waals surface area contributed by atoms with E-state index < -0.39 is 0 Å². The summed E-state index contributed by atoms with van der Waals surface area (Å²) in [5.74, 6) is 0.348. The van der Waals surface area contributed by atoms with Gasteiger partial charge in [-0.05, 0) is 19.4 Å². The van der Waals surface area contributed by atoms with Crippen LogP contribution in [0.3, 0.4) is 0 Å². The average Bonchev–Trinajstić information content (AvgIpc) is 2.95.